The van der Waals surface area contributed by atoms with Crippen LogP contribution in [0.1, 0.15) is 0 Å². The van der Waals surface area contributed by atoms with Gasteiger partial charge in [0.05, 0.1) is 11.4 Å². The van der Waals surface area contributed by atoms with Gasteiger partial charge in [-0.05, 0) is 84.2 Å². The number of fused-ring (bicyclic) bond motifs is 4. The largest absolute Gasteiger partial charge is 0.381 e. The van der Waals surface area contributed by atoms with Gasteiger partial charge in [-0.2, -0.15) is 0 Å². The second-order valence-corrected chi connectivity index (χ2v) is 11.7. The van der Waals surface area contributed by atoms with E-state index in [1.54, 1.807) is 47.5 Å². The summed E-state index contributed by atoms with van der Waals surface area (Å²) in [6.07, 6.45) is 10.0. The third-order valence-electron chi connectivity index (χ3n) is 6.85. The standard InChI is InChI=1S/C15H7Br2FN4.C15H9BrFN5/c16-13-12(22-5-4-20-15(22)14(17)21-13)9-6-8-2-1-3-19-11(8)10(18)7-9;16-13-12(22-5-4-20-15(22)14(18)21-13)9-6-8-2-1-3-19-11(8)10(17)7-9/h1-7H;1-7H,(H2,18,21). The molecule has 0 aliphatic rings. The number of imidazole rings is 2. The number of nitrogen functional groups attached to an aromatic ring is 1. The van der Waals surface area contributed by atoms with E-state index < -0.39 is 0 Å². The summed E-state index contributed by atoms with van der Waals surface area (Å²) >= 11 is 10.2. The van der Waals surface area contributed by atoms with Crippen LogP contribution in [0, 0.1) is 11.6 Å². The van der Waals surface area contributed by atoms with Gasteiger partial charge in [0.1, 0.15) is 31.9 Å². The molecule has 0 aliphatic heterocycles. The Morgan fingerprint density at radius 1 is 0.591 bits per heavy atom. The molecule has 0 amide bonds. The fraction of sp³-hybridized carbons (Fsp3) is 0. The summed E-state index contributed by atoms with van der Waals surface area (Å²) in [4.78, 5) is 25.2. The smallest absolute Gasteiger partial charge is 0.180 e. The Labute approximate surface area is 272 Å². The van der Waals surface area contributed by atoms with Gasteiger partial charge in [0.2, 0.25) is 0 Å². The molecule has 0 atom stereocenters. The third kappa shape index (κ3) is 4.88. The van der Waals surface area contributed by atoms with Gasteiger partial charge in [0.15, 0.2) is 21.7 Å². The number of hydrogen-bond donors (Lipinski definition) is 1. The second-order valence-electron chi connectivity index (χ2n) is 9.49. The lowest BCUT2D eigenvalue weighted by Crippen LogP contribution is -2.02. The van der Waals surface area contributed by atoms with E-state index in [1.165, 1.54) is 12.1 Å². The molecule has 2 aromatic carbocycles. The summed E-state index contributed by atoms with van der Waals surface area (Å²) in [6, 6.07) is 13.9. The van der Waals surface area contributed by atoms with Gasteiger partial charge in [-0.25, -0.2) is 28.7 Å². The van der Waals surface area contributed by atoms with Crippen LogP contribution < -0.4 is 5.73 Å². The molecule has 0 saturated heterocycles. The molecule has 14 heteroatoms. The van der Waals surface area contributed by atoms with Gasteiger partial charge in [-0.15, -0.1) is 0 Å². The van der Waals surface area contributed by atoms with E-state index in [1.807, 2.05) is 34.9 Å². The number of benzene rings is 2. The summed E-state index contributed by atoms with van der Waals surface area (Å²) < 4.78 is 34.1. The minimum absolute atomic E-state index is 0.309. The summed E-state index contributed by atoms with van der Waals surface area (Å²) in [6.45, 7) is 0. The molecule has 0 radical (unpaired) electrons. The summed E-state index contributed by atoms with van der Waals surface area (Å²) in [5.41, 5.74) is 10.6. The maximum absolute atomic E-state index is 14.3. The van der Waals surface area contributed by atoms with Gasteiger partial charge < -0.3 is 5.73 Å². The number of nitrogens with zero attached hydrogens (tertiary/aromatic N) is 8. The van der Waals surface area contributed by atoms with Crippen LogP contribution in [-0.2, 0) is 0 Å². The average Bonchev–Trinajstić information content (AvgIpc) is 3.69. The monoisotopic (exact) mass is 777 g/mol. The fourth-order valence-electron chi connectivity index (χ4n) is 4.99. The SMILES string of the molecule is Fc1cc(-c2c(Br)nc(Br)c3nccn23)cc2cccnc12.Nc1nc(Br)c(-c2cc(F)c3ncccc3c2)n2ccnc12. The first-order chi connectivity index (χ1) is 21.3. The van der Waals surface area contributed by atoms with Crippen molar-refractivity contribution in [3.8, 4) is 22.5 Å². The van der Waals surface area contributed by atoms with Crippen LogP contribution in [0.2, 0.25) is 0 Å². The van der Waals surface area contributed by atoms with E-state index in [2.05, 4.69) is 77.7 Å². The number of nitrogens with two attached hydrogens (primary N) is 1. The highest BCUT2D eigenvalue weighted by Gasteiger charge is 2.17. The van der Waals surface area contributed by atoms with Crippen molar-refractivity contribution in [3.63, 3.8) is 0 Å². The van der Waals surface area contributed by atoms with Gasteiger partial charge in [0, 0.05) is 59.1 Å². The molecule has 8 rings (SSSR count). The quantitative estimate of drug-likeness (QED) is 0.189. The molecule has 6 aromatic heterocycles. The van der Waals surface area contributed by atoms with Crippen molar-refractivity contribution < 1.29 is 8.78 Å². The minimum Gasteiger partial charge on any atom is -0.381 e. The molecule has 0 saturated carbocycles. The Kier molecular flexibility index (Phi) is 7.26. The Morgan fingerprint density at radius 3 is 1.66 bits per heavy atom. The fourth-order valence-corrected chi connectivity index (χ4v) is 6.91. The van der Waals surface area contributed by atoms with Crippen molar-refractivity contribution in [2.45, 2.75) is 0 Å². The lowest BCUT2D eigenvalue weighted by Gasteiger charge is -2.10. The number of aromatic nitrogens is 8. The molecular weight excluding hydrogens is 764 g/mol. The van der Waals surface area contributed by atoms with Crippen LogP contribution in [-0.4, -0.2) is 38.7 Å². The van der Waals surface area contributed by atoms with Crippen molar-refractivity contribution in [1.29, 1.82) is 0 Å². The van der Waals surface area contributed by atoms with Crippen LogP contribution in [0.15, 0.2) is 99.5 Å². The van der Waals surface area contributed by atoms with Crippen molar-refractivity contribution in [3.05, 3.63) is 111 Å². The number of pyridine rings is 2. The molecular formula is C30H16Br3F2N9. The molecule has 6 heterocycles. The number of halogens is 5. The topological polar surface area (TPSA) is 112 Å². The zero-order valence-electron chi connectivity index (χ0n) is 22.1. The van der Waals surface area contributed by atoms with E-state index in [4.69, 9.17) is 5.73 Å². The third-order valence-corrected chi connectivity index (χ3v) is 8.48. The van der Waals surface area contributed by atoms with Crippen LogP contribution in [0.3, 0.4) is 0 Å². The van der Waals surface area contributed by atoms with Crippen molar-refractivity contribution in [2.24, 2.45) is 0 Å². The van der Waals surface area contributed by atoms with Gasteiger partial charge in [0.25, 0.3) is 0 Å². The van der Waals surface area contributed by atoms with Crippen molar-refractivity contribution >= 4 is 86.7 Å². The van der Waals surface area contributed by atoms with Gasteiger partial charge in [-0.1, -0.05) is 12.1 Å². The Morgan fingerprint density at radius 2 is 1.09 bits per heavy atom. The summed E-state index contributed by atoms with van der Waals surface area (Å²) in [5, 5.41) is 1.45. The average molecular weight is 780 g/mol. The van der Waals surface area contributed by atoms with Crippen molar-refractivity contribution in [2.75, 3.05) is 5.73 Å². The molecule has 44 heavy (non-hydrogen) atoms. The number of hydrogen-bond acceptors (Lipinski definition) is 7. The number of rotatable bonds is 2. The minimum atomic E-state index is -0.384. The number of anilines is 1. The van der Waals surface area contributed by atoms with E-state index in [0.717, 1.165) is 16.5 Å². The highest BCUT2D eigenvalue weighted by atomic mass is 79.9. The molecule has 0 fully saturated rings. The van der Waals surface area contributed by atoms with Gasteiger partial charge in [-0.3, -0.25) is 18.8 Å². The normalized spacial score (nSPS) is 11.4. The van der Waals surface area contributed by atoms with Crippen LogP contribution in [0.5, 0.6) is 0 Å². The van der Waals surface area contributed by atoms with Crippen LogP contribution >= 0.6 is 47.8 Å². The molecule has 2 N–H and O–H groups in total. The molecule has 0 unspecified atom stereocenters. The van der Waals surface area contributed by atoms with E-state index in [9.17, 15) is 8.78 Å². The predicted octanol–water partition coefficient (Wildman–Crippen LogP) is 8.04. The lowest BCUT2D eigenvalue weighted by molar-refractivity contribution is 0.636. The van der Waals surface area contributed by atoms with Gasteiger partial charge >= 0.3 is 0 Å². The summed E-state index contributed by atoms with van der Waals surface area (Å²) in [5.74, 6) is -0.440. The molecule has 8 aromatic rings. The molecule has 9 nitrogen and oxygen atoms in total. The zero-order valence-corrected chi connectivity index (χ0v) is 26.9. The predicted molar refractivity (Wildman–Crippen MR) is 175 cm³/mol. The molecule has 216 valence electrons. The first-order valence-electron chi connectivity index (χ1n) is 12.9. The highest BCUT2D eigenvalue weighted by Crippen LogP contribution is 2.34. The first kappa shape index (κ1) is 28.4. The second kappa shape index (κ2) is 11.3. The molecule has 0 bridgehead atoms. The first-order valence-corrected chi connectivity index (χ1v) is 15.2. The molecule has 0 aliphatic carbocycles. The zero-order chi connectivity index (χ0) is 30.5. The van der Waals surface area contributed by atoms with Crippen LogP contribution in [0.25, 0.3) is 55.6 Å². The highest BCUT2D eigenvalue weighted by molar-refractivity contribution is 9.11. The summed E-state index contributed by atoms with van der Waals surface area (Å²) in [7, 11) is 0. The maximum atomic E-state index is 14.3. The Hall–Kier alpha value is -4.40. The molecule has 0 spiro atoms. The van der Waals surface area contributed by atoms with E-state index in [0.29, 0.717) is 58.8 Å². The Bertz CT molecular complexity index is 2220. The van der Waals surface area contributed by atoms with E-state index in [-0.39, 0.29) is 11.6 Å². The maximum Gasteiger partial charge on any atom is 0.180 e. The van der Waals surface area contributed by atoms with E-state index >= 15 is 0 Å². The lowest BCUT2D eigenvalue weighted by atomic mass is 10.1. The van der Waals surface area contributed by atoms with Crippen molar-refractivity contribution in [1.82, 2.24) is 38.7 Å². The van der Waals surface area contributed by atoms with Crippen LogP contribution in [0.4, 0.5) is 14.6 Å². The Balaban J connectivity index is 0.000000142.